The van der Waals surface area contributed by atoms with Crippen molar-refractivity contribution in [1.82, 2.24) is 20.0 Å². The summed E-state index contributed by atoms with van der Waals surface area (Å²) in [5.41, 5.74) is 3.77. The predicted molar refractivity (Wildman–Crippen MR) is 96.3 cm³/mol. The molecule has 0 spiro atoms. The van der Waals surface area contributed by atoms with E-state index in [1.807, 2.05) is 66.1 Å². The summed E-state index contributed by atoms with van der Waals surface area (Å²) in [6.45, 7) is 2.54. The van der Waals surface area contributed by atoms with Gasteiger partial charge in [0.05, 0.1) is 18.3 Å². The summed E-state index contributed by atoms with van der Waals surface area (Å²) < 4.78 is 1.98. The summed E-state index contributed by atoms with van der Waals surface area (Å²) in [4.78, 5) is 16.4. The number of benzene rings is 1. The lowest BCUT2D eigenvalue weighted by Gasteiger charge is -2.12. The van der Waals surface area contributed by atoms with E-state index in [0.29, 0.717) is 13.0 Å². The monoisotopic (exact) mass is 338 g/mol. The van der Waals surface area contributed by atoms with Crippen molar-refractivity contribution in [2.24, 2.45) is 0 Å². The number of amides is 2. The molecule has 3 rings (SSSR count). The normalized spacial score (nSPS) is 12.1. The van der Waals surface area contributed by atoms with Crippen LogP contribution in [0.3, 0.4) is 0 Å². The molecule has 1 atom stereocenters. The van der Waals surface area contributed by atoms with Crippen LogP contribution in [0.4, 0.5) is 4.79 Å². The van der Waals surface area contributed by atoms with Crippen molar-refractivity contribution in [2.75, 3.05) is 6.54 Å². The molecule has 2 amide bonds. The van der Waals surface area contributed by atoms with E-state index in [0.717, 1.165) is 22.6 Å². The van der Waals surface area contributed by atoms with E-state index in [4.69, 9.17) is 0 Å². The Morgan fingerprint density at radius 2 is 1.96 bits per heavy atom. The first-order valence-corrected chi connectivity index (χ1v) is 8.29. The van der Waals surface area contributed by atoms with Crippen LogP contribution in [0.5, 0.6) is 0 Å². The summed E-state index contributed by atoms with van der Waals surface area (Å²) in [6.07, 6.45) is 1.80. The van der Waals surface area contributed by atoms with Gasteiger partial charge in [0.2, 0.25) is 0 Å². The SMILES string of the molecule is Cc1cccc2nc(CNC(=O)NCC(O)Cc3ccccc3)cn12. The van der Waals surface area contributed by atoms with Crippen molar-refractivity contribution in [1.29, 1.82) is 0 Å². The molecule has 0 aliphatic heterocycles. The molecule has 1 aromatic carbocycles. The Balaban J connectivity index is 1.45. The highest BCUT2D eigenvalue weighted by Crippen LogP contribution is 2.08. The van der Waals surface area contributed by atoms with Gasteiger partial charge in [0.1, 0.15) is 5.65 Å². The van der Waals surface area contributed by atoms with Gasteiger partial charge >= 0.3 is 6.03 Å². The number of aliphatic hydroxyl groups excluding tert-OH is 1. The van der Waals surface area contributed by atoms with Gasteiger partial charge < -0.3 is 20.1 Å². The molecule has 1 unspecified atom stereocenters. The Morgan fingerprint density at radius 3 is 2.72 bits per heavy atom. The maximum absolute atomic E-state index is 11.9. The molecular weight excluding hydrogens is 316 g/mol. The molecule has 130 valence electrons. The number of urea groups is 1. The number of hydrogen-bond acceptors (Lipinski definition) is 3. The Kier molecular flexibility index (Phi) is 5.30. The summed E-state index contributed by atoms with van der Waals surface area (Å²) in [6, 6.07) is 15.3. The number of imidazole rings is 1. The van der Waals surface area contributed by atoms with Crippen LogP contribution in [0.1, 0.15) is 17.0 Å². The smallest absolute Gasteiger partial charge is 0.315 e. The second-order valence-electron chi connectivity index (χ2n) is 6.03. The quantitative estimate of drug-likeness (QED) is 0.644. The average Bonchev–Trinajstić information content (AvgIpc) is 3.04. The number of hydrogen-bond donors (Lipinski definition) is 3. The molecule has 25 heavy (non-hydrogen) atoms. The number of aliphatic hydroxyl groups is 1. The molecule has 3 N–H and O–H groups in total. The van der Waals surface area contributed by atoms with Crippen molar-refractivity contribution in [2.45, 2.75) is 26.0 Å². The van der Waals surface area contributed by atoms with Crippen LogP contribution in [-0.4, -0.2) is 33.2 Å². The molecule has 6 heteroatoms. The lowest BCUT2D eigenvalue weighted by molar-refractivity contribution is 0.170. The number of carbonyl (C=O) groups is 1. The minimum Gasteiger partial charge on any atom is -0.391 e. The zero-order valence-electron chi connectivity index (χ0n) is 14.1. The Bertz CT molecular complexity index is 845. The molecule has 3 aromatic rings. The number of pyridine rings is 1. The molecule has 6 nitrogen and oxygen atoms in total. The molecule has 0 saturated heterocycles. The molecule has 0 bridgehead atoms. The summed E-state index contributed by atoms with van der Waals surface area (Å²) in [5, 5.41) is 15.4. The van der Waals surface area contributed by atoms with Crippen molar-refractivity contribution in [3.8, 4) is 0 Å². The molecule has 0 aliphatic carbocycles. The highest BCUT2D eigenvalue weighted by Gasteiger charge is 2.09. The van der Waals surface area contributed by atoms with E-state index in [1.165, 1.54) is 0 Å². The van der Waals surface area contributed by atoms with E-state index in [9.17, 15) is 9.90 Å². The Labute approximate surface area is 146 Å². The van der Waals surface area contributed by atoms with Crippen molar-refractivity contribution in [3.63, 3.8) is 0 Å². The van der Waals surface area contributed by atoms with Gasteiger partial charge in [-0.3, -0.25) is 0 Å². The van der Waals surface area contributed by atoms with Gasteiger partial charge in [-0.15, -0.1) is 0 Å². The van der Waals surface area contributed by atoms with Crippen molar-refractivity contribution >= 4 is 11.7 Å². The Hall–Kier alpha value is -2.86. The molecule has 0 fully saturated rings. The minimum absolute atomic E-state index is 0.199. The summed E-state index contributed by atoms with van der Waals surface area (Å²) in [7, 11) is 0. The third-order valence-corrected chi connectivity index (χ3v) is 3.99. The minimum atomic E-state index is -0.619. The second kappa shape index (κ2) is 7.81. The second-order valence-corrected chi connectivity index (χ2v) is 6.03. The van der Waals surface area contributed by atoms with E-state index >= 15 is 0 Å². The van der Waals surface area contributed by atoms with Crippen LogP contribution in [0, 0.1) is 6.92 Å². The molecular formula is C19H22N4O2. The number of rotatable bonds is 6. The third-order valence-electron chi connectivity index (χ3n) is 3.99. The number of aryl methyl sites for hydroxylation is 1. The number of fused-ring (bicyclic) bond motifs is 1. The topological polar surface area (TPSA) is 78.7 Å². The molecule has 0 radical (unpaired) electrons. The number of nitrogens with zero attached hydrogens (tertiary/aromatic N) is 2. The van der Waals surface area contributed by atoms with Crippen LogP contribution in [0.15, 0.2) is 54.7 Å². The molecule has 0 aliphatic rings. The van der Waals surface area contributed by atoms with Crippen LogP contribution in [-0.2, 0) is 13.0 Å². The standard InChI is InChI=1S/C19H22N4O2/c1-14-6-5-9-18-22-16(13-23(14)18)11-20-19(25)21-12-17(24)10-15-7-3-2-4-8-15/h2-9,13,17,24H,10-12H2,1H3,(H2,20,21,25). The van der Waals surface area contributed by atoms with Gasteiger partial charge in [0.25, 0.3) is 0 Å². The first-order valence-electron chi connectivity index (χ1n) is 8.29. The lowest BCUT2D eigenvalue weighted by Crippen LogP contribution is -2.40. The van der Waals surface area contributed by atoms with E-state index in [2.05, 4.69) is 15.6 Å². The summed E-state index contributed by atoms with van der Waals surface area (Å²) in [5.74, 6) is 0. The Morgan fingerprint density at radius 1 is 1.16 bits per heavy atom. The van der Waals surface area contributed by atoms with Crippen molar-refractivity contribution < 1.29 is 9.90 Å². The van der Waals surface area contributed by atoms with E-state index in [-0.39, 0.29) is 12.6 Å². The van der Waals surface area contributed by atoms with Gasteiger partial charge in [0.15, 0.2) is 0 Å². The third kappa shape index (κ3) is 4.58. The van der Waals surface area contributed by atoms with Crippen LogP contribution in [0.25, 0.3) is 5.65 Å². The zero-order chi connectivity index (χ0) is 17.6. The fraction of sp³-hybridized carbons (Fsp3) is 0.263. The summed E-state index contributed by atoms with van der Waals surface area (Å²) >= 11 is 0. The van der Waals surface area contributed by atoms with Crippen molar-refractivity contribution in [3.05, 3.63) is 71.7 Å². The molecule has 0 saturated carbocycles. The first kappa shape index (κ1) is 17.0. The van der Waals surface area contributed by atoms with Crippen LogP contribution >= 0.6 is 0 Å². The maximum atomic E-state index is 11.9. The van der Waals surface area contributed by atoms with Crippen LogP contribution in [0.2, 0.25) is 0 Å². The molecule has 2 heterocycles. The van der Waals surface area contributed by atoms with Gasteiger partial charge in [-0.05, 0) is 24.6 Å². The highest BCUT2D eigenvalue weighted by atomic mass is 16.3. The van der Waals surface area contributed by atoms with Gasteiger partial charge in [-0.1, -0.05) is 36.4 Å². The van der Waals surface area contributed by atoms with Gasteiger partial charge in [-0.25, -0.2) is 9.78 Å². The average molecular weight is 338 g/mol. The first-order chi connectivity index (χ1) is 12.1. The fourth-order valence-corrected chi connectivity index (χ4v) is 2.69. The highest BCUT2D eigenvalue weighted by molar-refractivity contribution is 5.73. The van der Waals surface area contributed by atoms with Gasteiger partial charge in [0, 0.05) is 24.9 Å². The van der Waals surface area contributed by atoms with E-state index in [1.54, 1.807) is 0 Å². The zero-order valence-corrected chi connectivity index (χ0v) is 14.1. The van der Waals surface area contributed by atoms with Gasteiger partial charge in [-0.2, -0.15) is 0 Å². The maximum Gasteiger partial charge on any atom is 0.315 e. The van der Waals surface area contributed by atoms with E-state index < -0.39 is 6.10 Å². The number of aromatic nitrogens is 2. The number of nitrogens with one attached hydrogen (secondary N) is 2. The largest absolute Gasteiger partial charge is 0.391 e. The molecule has 2 aromatic heterocycles. The number of carbonyl (C=O) groups excluding carboxylic acids is 1. The fourth-order valence-electron chi connectivity index (χ4n) is 2.69. The van der Waals surface area contributed by atoms with Crippen LogP contribution < -0.4 is 10.6 Å². The lowest BCUT2D eigenvalue weighted by atomic mass is 10.1. The predicted octanol–water partition coefficient (Wildman–Crippen LogP) is 2.05.